The Balaban J connectivity index is 0.999. The molecule has 0 amide bonds. The molecular formula is C53H34N2O2. The van der Waals surface area contributed by atoms with Gasteiger partial charge in [-0.25, -0.2) is 4.98 Å². The summed E-state index contributed by atoms with van der Waals surface area (Å²) in [7, 11) is 0. The van der Waals surface area contributed by atoms with Gasteiger partial charge in [0.05, 0.1) is 0 Å². The number of para-hydroxylation sites is 2. The van der Waals surface area contributed by atoms with Crippen LogP contribution in [0.25, 0.3) is 88.6 Å². The Morgan fingerprint density at radius 3 is 1.67 bits per heavy atom. The summed E-state index contributed by atoms with van der Waals surface area (Å²) in [5, 5.41) is 4.31. The highest BCUT2D eigenvalue weighted by Crippen LogP contribution is 2.44. The number of hydrogen-bond acceptors (Lipinski definition) is 4. The van der Waals surface area contributed by atoms with Crippen LogP contribution in [0.2, 0.25) is 0 Å². The summed E-state index contributed by atoms with van der Waals surface area (Å²) >= 11 is 0. The fourth-order valence-electron chi connectivity index (χ4n) is 8.13. The van der Waals surface area contributed by atoms with Crippen LogP contribution in [-0.4, -0.2) is 4.98 Å². The molecule has 4 nitrogen and oxygen atoms in total. The van der Waals surface area contributed by atoms with Gasteiger partial charge in [0, 0.05) is 44.3 Å². The number of hydrogen-bond donors (Lipinski definition) is 0. The number of rotatable bonds is 7. The van der Waals surface area contributed by atoms with E-state index in [9.17, 15) is 0 Å². The number of furan rings is 1. The highest BCUT2D eigenvalue weighted by molar-refractivity contribution is 6.22. The van der Waals surface area contributed by atoms with Crippen LogP contribution in [-0.2, 0) is 0 Å². The van der Waals surface area contributed by atoms with Crippen LogP contribution in [0.4, 0.5) is 17.1 Å². The van der Waals surface area contributed by atoms with E-state index in [1.54, 1.807) is 0 Å². The topological polar surface area (TPSA) is 42.4 Å². The van der Waals surface area contributed by atoms with Crippen molar-refractivity contribution in [1.29, 1.82) is 0 Å². The van der Waals surface area contributed by atoms with E-state index in [4.69, 9.17) is 13.8 Å². The van der Waals surface area contributed by atoms with Crippen LogP contribution < -0.4 is 4.90 Å². The minimum absolute atomic E-state index is 0.607. The Labute approximate surface area is 329 Å². The van der Waals surface area contributed by atoms with Gasteiger partial charge in [-0.05, 0) is 106 Å². The van der Waals surface area contributed by atoms with Crippen molar-refractivity contribution in [1.82, 2.24) is 4.98 Å². The van der Waals surface area contributed by atoms with Gasteiger partial charge in [-0.3, -0.25) is 0 Å². The average molecular weight is 731 g/mol. The number of nitrogens with zero attached hydrogens (tertiary/aromatic N) is 2. The Hall–Kier alpha value is -7.69. The van der Waals surface area contributed by atoms with Crippen LogP contribution in [0, 0.1) is 0 Å². The molecule has 0 aliphatic carbocycles. The lowest BCUT2D eigenvalue weighted by molar-refractivity contribution is 0.620. The minimum atomic E-state index is 0.607. The molecule has 0 fully saturated rings. The number of benzene rings is 9. The Morgan fingerprint density at radius 2 is 0.947 bits per heavy atom. The first-order valence-electron chi connectivity index (χ1n) is 19.2. The molecule has 0 bridgehead atoms. The van der Waals surface area contributed by atoms with E-state index in [0.29, 0.717) is 5.89 Å². The van der Waals surface area contributed by atoms with Gasteiger partial charge in [0.1, 0.15) is 16.7 Å². The quantitative estimate of drug-likeness (QED) is 0.164. The minimum Gasteiger partial charge on any atom is -0.455 e. The van der Waals surface area contributed by atoms with Gasteiger partial charge in [-0.1, -0.05) is 133 Å². The van der Waals surface area contributed by atoms with Crippen LogP contribution >= 0.6 is 0 Å². The van der Waals surface area contributed by atoms with E-state index in [0.717, 1.165) is 88.7 Å². The molecule has 2 aromatic heterocycles. The average Bonchev–Trinajstić information content (AvgIpc) is 3.90. The van der Waals surface area contributed by atoms with E-state index in [2.05, 4.69) is 169 Å². The van der Waals surface area contributed by atoms with Gasteiger partial charge in [0.25, 0.3) is 0 Å². The van der Waals surface area contributed by atoms with E-state index in [-0.39, 0.29) is 0 Å². The fraction of sp³-hybridized carbons (Fsp3) is 0. The van der Waals surface area contributed by atoms with Crippen molar-refractivity contribution >= 4 is 60.9 Å². The lowest BCUT2D eigenvalue weighted by Gasteiger charge is -2.26. The lowest BCUT2D eigenvalue weighted by atomic mass is 9.94. The summed E-state index contributed by atoms with van der Waals surface area (Å²) in [4.78, 5) is 7.34. The first-order valence-corrected chi connectivity index (χ1v) is 19.2. The predicted octanol–water partition coefficient (Wildman–Crippen LogP) is 15.0. The standard InChI is InChI=1S/C53H34N2O2/c1-4-13-35(14-5-1)36-23-28-42(29-24-36)55(41-18-8-3-9-19-41)43-30-25-37(26-31-43)39-27-32-46-49(34-39)56-52-44-20-11-10-17-40(44)33-47(50(46)52)45-21-12-22-48-51(45)54-53(57-48)38-15-6-2-7-16-38/h1-34H. The van der Waals surface area contributed by atoms with Crippen LogP contribution in [0.3, 0.4) is 0 Å². The third kappa shape index (κ3) is 5.74. The number of anilines is 3. The van der Waals surface area contributed by atoms with Crippen molar-refractivity contribution in [3.63, 3.8) is 0 Å². The second-order valence-electron chi connectivity index (χ2n) is 14.3. The number of fused-ring (bicyclic) bond motifs is 6. The van der Waals surface area contributed by atoms with Gasteiger partial charge < -0.3 is 13.7 Å². The Morgan fingerprint density at radius 1 is 0.368 bits per heavy atom. The molecule has 0 saturated heterocycles. The summed E-state index contributed by atoms with van der Waals surface area (Å²) in [6.45, 7) is 0. The molecule has 11 aromatic rings. The van der Waals surface area contributed by atoms with Gasteiger partial charge in [-0.15, -0.1) is 0 Å². The summed E-state index contributed by atoms with van der Waals surface area (Å²) in [5.74, 6) is 0.607. The number of aromatic nitrogens is 1. The van der Waals surface area contributed by atoms with Crippen LogP contribution in [0.5, 0.6) is 0 Å². The molecule has 9 aromatic carbocycles. The third-order valence-electron chi connectivity index (χ3n) is 10.9. The van der Waals surface area contributed by atoms with Crippen molar-refractivity contribution in [3.05, 3.63) is 206 Å². The maximum atomic E-state index is 6.84. The molecule has 11 rings (SSSR count). The molecule has 0 unspecified atom stereocenters. The first-order chi connectivity index (χ1) is 28.2. The summed E-state index contributed by atoms with van der Waals surface area (Å²) in [6.07, 6.45) is 0. The van der Waals surface area contributed by atoms with E-state index >= 15 is 0 Å². The van der Waals surface area contributed by atoms with E-state index in [1.807, 2.05) is 42.5 Å². The molecule has 0 spiro atoms. The summed E-state index contributed by atoms with van der Waals surface area (Å²) < 4.78 is 13.2. The molecule has 0 radical (unpaired) electrons. The molecule has 0 saturated carbocycles. The van der Waals surface area contributed by atoms with Gasteiger partial charge in [0.15, 0.2) is 5.58 Å². The van der Waals surface area contributed by atoms with Crippen molar-refractivity contribution < 1.29 is 8.83 Å². The van der Waals surface area contributed by atoms with Gasteiger partial charge >= 0.3 is 0 Å². The second-order valence-corrected chi connectivity index (χ2v) is 14.3. The highest BCUT2D eigenvalue weighted by atomic mass is 16.3. The monoisotopic (exact) mass is 730 g/mol. The Kier molecular flexibility index (Phi) is 7.78. The summed E-state index contributed by atoms with van der Waals surface area (Å²) in [5.41, 5.74) is 14.2. The maximum Gasteiger partial charge on any atom is 0.227 e. The number of oxazole rings is 1. The zero-order valence-corrected chi connectivity index (χ0v) is 30.8. The third-order valence-corrected chi connectivity index (χ3v) is 10.9. The predicted molar refractivity (Wildman–Crippen MR) is 235 cm³/mol. The summed E-state index contributed by atoms with van der Waals surface area (Å²) in [6, 6.07) is 72.1. The molecule has 0 atom stereocenters. The zero-order chi connectivity index (χ0) is 37.7. The molecule has 0 aliphatic rings. The SMILES string of the molecule is c1ccc(-c2ccc(N(c3ccccc3)c3ccc(-c4ccc5c(c4)oc4c6ccccc6cc(-c6cccc7oc(-c8ccccc8)nc67)c54)cc3)cc2)cc1. The zero-order valence-electron chi connectivity index (χ0n) is 30.8. The van der Waals surface area contributed by atoms with Gasteiger partial charge in [-0.2, -0.15) is 0 Å². The van der Waals surface area contributed by atoms with Crippen LogP contribution in [0.15, 0.2) is 215 Å². The lowest BCUT2D eigenvalue weighted by Crippen LogP contribution is -2.09. The van der Waals surface area contributed by atoms with E-state index < -0.39 is 0 Å². The Bertz CT molecular complexity index is 3200. The van der Waals surface area contributed by atoms with Crippen molar-refractivity contribution in [2.45, 2.75) is 0 Å². The maximum absolute atomic E-state index is 6.84. The van der Waals surface area contributed by atoms with Gasteiger partial charge in [0.2, 0.25) is 5.89 Å². The van der Waals surface area contributed by atoms with Crippen molar-refractivity contribution in [2.75, 3.05) is 4.90 Å². The molecule has 57 heavy (non-hydrogen) atoms. The molecule has 2 heterocycles. The smallest absolute Gasteiger partial charge is 0.227 e. The van der Waals surface area contributed by atoms with Crippen molar-refractivity contribution in [3.8, 4) is 44.8 Å². The van der Waals surface area contributed by atoms with Crippen molar-refractivity contribution in [2.24, 2.45) is 0 Å². The molecule has 4 heteroatoms. The fourth-order valence-corrected chi connectivity index (χ4v) is 8.13. The normalized spacial score (nSPS) is 11.5. The molecule has 0 N–H and O–H groups in total. The first kappa shape index (κ1) is 32.7. The molecular weight excluding hydrogens is 697 g/mol. The largest absolute Gasteiger partial charge is 0.455 e. The van der Waals surface area contributed by atoms with E-state index in [1.165, 1.54) is 11.1 Å². The second kappa shape index (κ2) is 13.6. The molecule has 268 valence electrons. The molecule has 0 aliphatic heterocycles. The highest BCUT2D eigenvalue weighted by Gasteiger charge is 2.21. The van der Waals surface area contributed by atoms with Crippen LogP contribution in [0.1, 0.15) is 0 Å².